The molecule has 2 heterocycles. The van der Waals surface area contributed by atoms with Gasteiger partial charge in [-0.25, -0.2) is 9.78 Å². The summed E-state index contributed by atoms with van der Waals surface area (Å²) >= 11 is 0. The molecular weight excluding hydrogens is 469 g/mol. The topological polar surface area (TPSA) is 115 Å². The van der Waals surface area contributed by atoms with Crippen LogP contribution >= 0.6 is 0 Å². The lowest BCUT2D eigenvalue weighted by molar-refractivity contribution is -0.274. The number of carbonyl (C=O) groups is 3. The van der Waals surface area contributed by atoms with E-state index in [4.69, 9.17) is 10.5 Å². The number of rotatable bonds is 6. The summed E-state index contributed by atoms with van der Waals surface area (Å²) in [5.41, 5.74) is 5.84. The number of ether oxygens (including phenoxy) is 2. The van der Waals surface area contributed by atoms with Crippen molar-refractivity contribution in [1.29, 1.82) is 0 Å². The number of amides is 4. The van der Waals surface area contributed by atoms with Crippen molar-refractivity contribution in [2.75, 3.05) is 11.4 Å². The summed E-state index contributed by atoms with van der Waals surface area (Å²) in [7, 11) is 0. The van der Waals surface area contributed by atoms with Crippen molar-refractivity contribution < 1.29 is 37.0 Å². The molecule has 0 atom stereocenters. The molecule has 0 radical (unpaired) electrons. The van der Waals surface area contributed by atoms with E-state index >= 15 is 0 Å². The number of hydrogen-bond donors (Lipinski definition) is 1. The Balaban J connectivity index is 1.16. The molecule has 4 amide bonds. The van der Waals surface area contributed by atoms with Crippen molar-refractivity contribution in [2.45, 2.75) is 44.2 Å². The molecule has 0 unspecified atom stereocenters. The monoisotopic (exact) mass is 490 g/mol. The Hall–Kier alpha value is -3.83. The standard InChI is InChI=1S/C23H21F3N4O5/c24-23(25,26)35-15-5-3-13(4-6-15)29-12-18(31)30(21(29)33)14-8-22(9-14)10-16(11-22)34-20-17(19(27)32)2-1-7-28-20/h1-7,14,16H,8-12H2,(H2,27,32)/t14-,16-,22?. The molecule has 2 aliphatic carbocycles. The van der Waals surface area contributed by atoms with Gasteiger partial charge < -0.3 is 15.2 Å². The molecule has 1 aliphatic heterocycles. The van der Waals surface area contributed by atoms with Gasteiger partial charge in [-0.1, -0.05) is 0 Å². The third kappa shape index (κ3) is 4.35. The van der Waals surface area contributed by atoms with Crippen molar-refractivity contribution in [3.05, 3.63) is 48.2 Å². The Bertz CT molecular complexity index is 1170. The summed E-state index contributed by atoms with van der Waals surface area (Å²) in [6.07, 6.45) is -0.739. The van der Waals surface area contributed by atoms with Gasteiger partial charge in [-0.15, -0.1) is 13.2 Å². The van der Waals surface area contributed by atoms with Gasteiger partial charge in [0, 0.05) is 17.9 Å². The van der Waals surface area contributed by atoms with Crippen molar-refractivity contribution in [3.63, 3.8) is 0 Å². The number of urea groups is 1. The van der Waals surface area contributed by atoms with Crippen molar-refractivity contribution in [2.24, 2.45) is 11.1 Å². The quantitative estimate of drug-likeness (QED) is 0.622. The maximum absolute atomic E-state index is 12.9. The summed E-state index contributed by atoms with van der Waals surface area (Å²) in [5, 5.41) is 0. The number of aromatic nitrogens is 1. The zero-order valence-corrected chi connectivity index (χ0v) is 18.3. The molecule has 12 heteroatoms. The number of nitrogens with zero attached hydrogens (tertiary/aromatic N) is 3. The molecule has 1 aromatic heterocycles. The molecule has 2 N–H and O–H groups in total. The second-order valence-electron chi connectivity index (χ2n) is 9.10. The minimum atomic E-state index is -4.81. The van der Waals surface area contributed by atoms with Gasteiger partial charge >= 0.3 is 12.4 Å². The second-order valence-corrected chi connectivity index (χ2v) is 9.10. The number of pyridine rings is 1. The lowest BCUT2D eigenvalue weighted by atomic mass is 9.52. The molecule has 1 spiro atoms. The van der Waals surface area contributed by atoms with Crippen molar-refractivity contribution in [1.82, 2.24) is 9.88 Å². The number of nitrogens with two attached hydrogens (primary N) is 1. The maximum atomic E-state index is 12.9. The van der Waals surface area contributed by atoms with E-state index in [1.807, 2.05) is 0 Å². The van der Waals surface area contributed by atoms with Gasteiger partial charge in [-0.3, -0.25) is 19.4 Å². The van der Waals surface area contributed by atoms with Crippen LogP contribution in [0.2, 0.25) is 0 Å². The molecular formula is C23H21F3N4O5. The number of primary amides is 1. The summed E-state index contributed by atoms with van der Waals surface area (Å²) in [6.45, 7) is -0.177. The van der Waals surface area contributed by atoms with E-state index in [2.05, 4.69) is 9.72 Å². The van der Waals surface area contributed by atoms with E-state index < -0.39 is 24.1 Å². The molecule has 2 saturated carbocycles. The molecule has 9 nitrogen and oxygen atoms in total. The molecule has 35 heavy (non-hydrogen) atoms. The first-order valence-electron chi connectivity index (χ1n) is 10.9. The fourth-order valence-corrected chi connectivity index (χ4v) is 5.18. The van der Waals surface area contributed by atoms with E-state index in [0.717, 1.165) is 12.1 Å². The van der Waals surface area contributed by atoms with Crippen LogP contribution in [-0.2, 0) is 4.79 Å². The van der Waals surface area contributed by atoms with E-state index in [9.17, 15) is 27.6 Å². The molecule has 3 fully saturated rings. The minimum absolute atomic E-state index is 0.0401. The highest BCUT2D eigenvalue weighted by Gasteiger charge is 2.58. The Kier molecular flexibility index (Phi) is 5.33. The van der Waals surface area contributed by atoms with Gasteiger partial charge in [0.2, 0.25) is 5.88 Å². The van der Waals surface area contributed by atoms with Crippen LogP contribution in [0.4, 0.5) is 23.7 Å². The molecule has 1 saturated heterocycles. The van der Waals surface area contributed by atoms with Crippen molar-refractivity contribution in [3.8, 4) is 11.6 Å². The Morgan fingerprint density at radius 2 is 1.77 bits per heavy atom. The van der Waals surface area contributed by atoms with Crippen LogP contribution in [0.3, 0.4) is 0 Å². The highest BCUT2D eigenvalue weighted by molar-refractivity contribution is 6.12. The van der Waals surface area contributed by atoms with E-state index in [1.54, 1.807) is 12.1 Å². The van der Waals surface area contributed by atoms with E-state index in [1.165, 1.54) is 28.1 Å². The summed E-state index contributed by atoms with van der Waals surface area (Å²) in [4.78, 5) is 43.6. The number of alkyl halides is 3. The Morgan fingerprint density at radius 3 is 2.40 bits per heavy atom. The predicted octanol–water partition coefficient (Wildman–Crippen LogP) is 3.24. The van der Waals surface area contributed by atoms with Crippen LogP contribution in [0, 0.1) is 5.41 Å². The van der Waals surface area contributed by atoms with Gasteiger partial charge in [-0.05, 0) is 67.5 Å². The molecule has 0 bridgehead atoms. The minimum Gasteiger partial charge on any atom is -0.474 e. The fraction of sp³-hybridized carbons (Fsp3) is 0.391. The van der Waals surface area contributed by atoms with Gasteiger partial charge in [0.05, 0.1) is 0 Å². The first-order chi connectivity index (χ1) is 16.5. The first-order valence-corrected chi connectivity index (χ1v) is 10.9. The number of halogens is 3. The molecule has 5 rings (SSSR count). The fourth-order valence-electron chi connectivity index (χ4n) is 5.18. The molecule has 2 aromatic rings. The normalized spacial score (nSPS) is 25.9. The molecule has 184 valence electrons. The zero-order chi connectivity index (χ0) is 25.0. The Labute approximate surface area is 197 Å². The van der Waals surface area contributed by atoms with Crippen molar-refractivity contribution >= 4 is 23.5 Å². The van der Waals surface area contributed by atoms with Crippen LogP contribution in [0.1, 0.15) is 36.0 Å². The number of anilines is 1. The van der Waals surface area contributed by atoms with Crippen LogP contribution in [0.25, 0.3) is 0 Å². The lowest BCUT2D eigenvalue weighted by Gasteiger charge is -2.58. The molecule has 3 aliphatic rings. The van der Waals surface area contributed by atoms with Crippen LogP contribution in [-0.4, -0.2) is 52.8 Å². The second kappa shape index (κ2) is 8.14. The van der Waals surface area contributed by atoms with E-state index in [0.29, 0.717) is 31.4 Å². The summed E-state index contributed by atoms with van der Waals surface area (Å²) in [6, 6.07) is 7.22. The van der Waals surface area contributed by atoms with Gasteiger partial charge in [0.15, 0.2) is 0 Å². The SMILES string of the molecule is NC(=O)c1cccnc1O[C@H]1CC2(C1)C[C@H](N1C(=O)CN(c3ccc(OC(F)(F)F)cc3)C1=O)C2. The Morgan fingerprint density at radius 1 is 1.09 bits per heavy atom. The smallest absolute Gasteiger partial charge is 0.474 e. The van der Waals surface area contributed by atoms with Crippen LogP contribution in [0.15, 0.2) is 42.6 Å². The van der Waals surface area contributed by atoms with E-state index in [-0.39, 0.29) is 41.5 Å². The van der Waals surface area contributed by atoms with Gasteiger partial charge in [-0.2, -0.15) is 0 Å². The lowest BCUT2D eigenvalue weighted by Crippen LogP contribution is -2.60. The number of benzene rings is 1. The van der Waals surface area contributed by atoms with Crippen LogP contribution in [0.5, 0.6) is 11.6 Å². The summed E-state index contributed by atoms with van der Waals surface area (Å²) < 4.78 is 46.7. The van der Waals surface area contributed by atoms with Gasteiger partial charge in [0.1, 0.15) is 24.0 Å². The number of hydrogen-bond acceptors (Lipinski definition) is 6. The maximum Gasteiger partial charge on any atom is 0.573 e. The third-order valence-electron chi connectivity index (χ3n) is 6.72. The number of imide groups is 1. The number of carbonyl (C=O) groups excluding carboxylic acids is 3. The zero-order valence-electron chi connectivity index (χ0n) is 18.3. The predicted molar refractivity (Wildman–Crippen MR) is 115 cm³/mol. The highest BCUT2D eigenvalue weighted by Crippen LogP contribution is 2.58. The highest BCUT2D eigenvalue weighted by atomic mass is 19.4. The van der Waals surface area contributed by atoms with Crippen LogP contribution < -0.4 is 20.1 Å². The first kappa shape index (κ1) is 22.9. The summed E-state index contributed by atoms with van der Waals surface area (Å²) in [5.74, 6) is -1.18. The average molecular weight is 490 g/mol. The average Bonchev–Trinajstić information content (AvgIpc) is 3.02. The van der Waals surface area contributed by atoms with Gasteiger partial charge in [0.25, 0.3) is 11.8 Å². The third-order valence-corrected chi connectivity index (χ3v) is 6.72. The largest absolute Gasteiger partial charge is 0.573 e. The molecule has 1 aromatic carbocycles.